The highest BCUT2D eigenvalue weighted by Crippen LogP contribution is 2.38. The van der Waals surface area contributed by atoms with E-state index in [4.69, 9.17) is 0 Å². The van der Waals surface area contributed by atoms with E-state index >= 15 is 0 Å². The third kappa shape index (κ3) is 3.68. The Morgan fingerprint density at radius 1 is 0.935 bits per heavy atom. The Morgan fingerprint density at radius 2 is 1.68 bits per heavy atom. The molecule has 1 aliphatic carbocycles. The Balaban J connectivity index is 1.41. The molecule has 7 nitrogen and oxygen atoms in total. The molecule has 0 unspecified atom stereocenters. The number of pyridine rings is 2. The number of hydrogen-bond donors (Lipinski definition) is 1. The number of hydrogen-bond acceptors (Lipinski definition) is 5. The van der Waals surface area contributed by atoms with E-state index in [9.17, 15) is 9.18 Å². The van der Waals surface area contributed by atoms with Crippen molar-refractivity contribution >= 4 is 5.91 Å². The fourth-order valence-electron chi connectivity index (χ4n) is 3.80. The van der Waals surface area contributed by atoms with Gasteiger partial charge < -0.3 is 5.32 Å². The Labute approximate surface area is 178 Å². The lowest BCUT2D eigenvalue weighted by molar-refractivity contribution is 0.0902. The van der Waals surface area contributed by atoms with E-state index in [1.165, 1.54) is 6.07 Å². The second kappa shape index (κ2) is 8.06. The maximum Gasteiger partial charge on any atom is 0.270 e. The number of carbonyl (C=O) groups excluding carboxylic acids is 1. The van der Waals surface area contributed by atoms with Gasteiger partial charge in [0.2, 0.25) is 0 Å². The average Bonchev–Trinajstić information content (AvgIpc) is 3.21. The van der Waals surface area contributed by atoms with Gasteiger partial charge in [-0.05, 0) is 49.2 Å². The van der Waals surface area contributed by atoms with Crippen LogP contribution in [0.25, 0.3) is 17.2 Å². The van der Waals surface area contributed by atoms with E-state index in [2.05, 4.69) is 25.5 Å². The Morgan fingerprint density at radius 3 is 2.39 bits per heavy atom. The topological polar surface area (TPSA) is 85.6 Å². The molecule has 0 radical (unpaired) electrons. The Hall–Kier alpha value is -3.94. The first-order valence-corrected chi connectivity index (χ1v) is 10.0. The van der Waals surface area contributed by atoms with Gasteiger partial charge in [-0.1, -0.05) is 24.3 Å². The maximum absolute atomic E-state index is 14.7. The molecule has 0 spiro atoms. The zero-order valence-corrected chi connectivity index (χ0v) is 16.5. The zero-order chi connectivity index (χ0) is 21.2. The van der Waals surface area contributed by atoms with Gasteiger partial charge in [0.1, 0.15) is 23.0 Å². The smallest absolute Gasteiger partial charge is 0.270 e. The Bertz CT molecular complexity index is 1210. The minimum Gasteiger partial charge on any atom is -0.348 e. The first-order valence-electron chi connectivity index (χ1n) is 10.0. The van der Waals surface area contributed by atoms with Crippen molar-refractivity contribution in [3.63, 3.8) is 0 Å². The quantitative estimate of drug-likeness (QED) is 0.540. The lowest BCUT2D eigenvalue weighted by Gasteiger charge is -2.35. The maximum atomic E-state index is 14.7. The molecule has 5 rings (SSSR count). The number of aromatic nitrogens is 5. The predicted molar refractivity (Wildman–Crippen MR) is 112 cm³/mol. The van der Waals surface area contributed by atoms with Crippen LogP contribution in [-0.4, -0.2) is 36.7 Å². The molecule has 3 heterocycles. The molecule has 0 bridgehead atoms. The summed E-state index contributed by atoms with van der Waals surface area (Å²) in [5.74, 6) is 0.628. The highest BCUT2D eigenvalue weighted by atomic mass is 19.1. The van der Waals surface area contributed by atoms with Crippen LogP contribution in [0.1, 0.15) is 35.1 Å². The summed E-state index contributed by atoms with van der Waals surface area (Å²) >= 11 is 0. The summed E-state index contributed by atoms with van der Waals surface area (Å²) in [4.78, 5) is 20.8. The SMILES string of the molecule is O=C(N[C@H]1C[C@H](c2nnc(-c3ccccn3)n2-c2ccccc2F)C1)c1ccccn1. The van der Waals surface area contributed by atoms with Crippen molar-refractivity contribution < 1.29 is 9.18 Å². The molecule has 1 amide bonds. The predicted octanol–water partition coefficient (Wildman–Crippen LogP) is 3.54. The van der Waals surface area contributed by atoms with Crippen LogP contribution in [0, 0.1) is 5.82 Å². The molecular weight excluding hydrogens is 395 g/mol. The average molecular weight is 414 g/mol. The van der Waals surface area contributed by atoms with Crippen molar-refractivity contribution in [2.45, 2.75) is 24.8 Å². The van der Waals surface area contributed by atoms with Crippen molar-refractivity contribution in [2.75, 3.05) is 0 Å². The third-order valence-electron chi connectivity index (χ3n) is 5.41. The highest BCUT2D eigenvalue weighted by Gasteiger charge is 2.36. The summed E-state index contributed by atoms with van der Waals surface area (Å²) in [6, 6.07) is 17.3. The van der Waals surface area contributed by atoms with E-state index in [1.807, 2.05) is 18.2 Å². The number of halogens is 1. The lowest BCUT2D eigenvalue weighted by atomic mass is 9.79. The van der Waals surface area contributed by atoms with Crippen LogP contribution in [0.15, 0.2) is 73.1 Å². The summed E-state index contributed by atoms with van der Waals surface area (Å²) in [5, 5.41) is 11.7. The van der Waals surface area contributed by atoms with Crippen LogP contribution in [0.2, 0.25) is 0 Å². The number of nitrogens with one attached hydrogen (secondary N) is 1. The van der Waals surface area contributed by atoms with Gasteiger partial charge in [-0.15, -0.1) is 10.2 Å². The number of amides is 1. The van der Waals surface area contributed by atoms with E-state index in [0.717, 1.165) is 0 Å². The standard InChI is InChI=1S/C23H19FN6O/c24-17-7-1-2-10-20(17)30-21(28-29-22(30)18-8-3-5-11-25-18)15-13-16(14-15)27-23(31)19-9-4-6-12-26-19/h1-12,15-16H,13-14H2,(H,27,31)/t15-,16-. The van der Waals surface area contributed by atoms with Crippen molar-refractivity contribution in [1.82, 2.24) is 30.0 Å². The van der Waals surface area contributed by atoms with Crippen LogP contribution >= 0.6 is 0 Å². The second-order valence-electron chi connectivity index (χ2n) is 7.44. The molecule has 0 atom stereocenters. The molecule has 154 valence electrons. The van der Waals surface area contributed by atoms with Crippen molar-refractivity contribution in [1.29, 1.82) is 0 Å². The van der Waals surface area contributed by atoms with Crippen LogP contribution in [0.3, 0.4) is 0 Å². The fraction of sp³-hybridized carbons (Fsp3) is 0.174. The zero-order valence-electron chi connectivity index (χ0n) is 16.5. The number of para-hydroxylation sites is 1. The summed E-state index contributed by atoms with van der Waals surface area (Å²) < 4.78 is 16.4. The molecule has 0 saturated heterocycles. The van der Waals surface area contributed by atoms with Crippen molar-refractivity contribution in [3.05, 3.63) is 90.4 Å². The van der Waals surface area contributed by atoms with Gasteiger partial charge in [0.05, 0.1) is 5.69 Å². The normalized spacial score (nSPS) is 17.7. The lowest BCUT2D eigenvalue weighted by Crippen LogP contribution is -2.44. The minimum absolute atomic E-state index is 0.00331. The van der Waals surface area contributed by atoms with Gasteiger partial charge in [-0.3, -0.25) is 19.3 Å². The van der Waals surface area contributed by atoms with E-state index in [-0.39, 0.29) is 23.7 Å². The van der Waals surface area contributed by atoms with Gasteiger partial charge in [0, 0.05) is 24.4 Å². The number of nitrogens with zero attached hydrogens (tertiary/aromatic N) is 5. The molecule has 1 N–H and O–H groups in total. The molecule has 1 fully saturated rings. The van der Waals surface area contributed by atoms with E-state index in [0.29, 0.717) is 41.6 Å². The molecule has 8 heteroatoms. The van der Waals surface area contributed by atoms with E-state index in [1.54, 1.807) is 53.4 Å². The van der Waals surface area contributed by atoms with Crippen LogP contribution in [0.4, 0.5) is 4.39 Å². The molecular formula is C23H19FN6O. The summed E-state index contributed by atoms with van der Waals surface area (Å²) in [5.41, 5.74) is 1.38. The van der Waals surface area contributed by atoms with Gasteiger partial charge >= 0.3 is 0 Å². The van der Waals surface area contributed by atoms with Crippen LogP contribution in [0.5, 0.6) is 0 Å². The molecule has 4 aromatic rings. The molecule has 1 aromatic carbocycles. The first kappa shape index (κ1) is 19.0. The van der Waals surface area contributed by atoms with Crippen LogP contribution < -0.4 is 5.32 Å². The van der Waals surface area contributed by atoms with Crippen molar-refractivity contribution in [3.8, 4) is 17.2 Å². The minimum atomic E-state index is -0.361. The van der Waals surface area contributed by atoms with E-state index < -0.39 is 0 Å². The number of carbonyl (C=O) groups is 1. The molecule has 1 saturated carbocycles. The summed E-state index contributed by atoms with van der Waals surface area (Å²) in [6.45, 7) is 0. The monoisotopic (exact) mass is 414 g/mol. The van der Waals surface area contributed by atoms with Gasteiger partial charge in [-0.25, -0.2) is 4.39 Å². The molecule has 0 aliphatic heterocycles. The number of rotatable bonds is 5. The summed E-state index contributed by atoms with van der Waals surface area (Å²) in [7, 11) is 0. The van der Waals surface area contributed by atoms with Gasteiger partial charge in [-0.2, -0.15) is 0 Å². The van der Waals surface area contributed by atoms with Gasteiger partial charge in [0.15, 0.2) is 5.82 Å². The van der Waals surface area contributed by atoms with Crippen molar-refractivity contribution in [2.24, 2.45) is 0 Å². The largest absolute Gasteiger partial charge is 0.348 e. The second-order valence-corrected chi connectivity index (χ2v) is 7.44. The van der Waals surface area contributed by atoms with Crippen LogP contribution in [-0.2, 0) is 0 Å². The number of benzene rings is 1. The molecule has 3 aromatic heterocycles. The van der Waals surface area contributed by atoms with Gasteiger partial charge in [0.25, 0.3) is 5.91 Å². The Kier molecular flexibility index (Phi) is 4.95. The summed E-state index contributed by atoms with van der Waals surface area (Å²) in [6.07, 6.45) is 4.64. The third-order valence-corrected chi connectivity index (χ3v) is 5.41. The molecule has 31 heavy (non-hydrogen) atoms. The fourth-order valence-corrected chi connectivity index (χ4v) is 3.80. The first-order chi connectivity index (χ1) is 15.2. The highest BCUT2D eigenvalue weighted by molar-refractivity contribution is 5.92. The molecule has 1 aliphatic rings.